The Labute approximate surface area is 158 Å². The molecular formula is C21H21N5O. The quantitative estimate of drug-likeness (QED) is 0.776. The predicted molar refractivity (Wildman–Crippen MR) is 107 cm³/mol. The van der Waals surface area contributed by atoms with Gasteiger partial charge in [0.2, 0.25) is 0 Å². The maximum Gasteiger partial charge on any atom is 0.274 e. The average Bonchev–Trinajstić information content (AvgIpc) is 2.75. The number of aromatic nitrogens is 2. The van der Waals surface area contributed by atoms with E-state index in [-0.39, 0.29) is 5.91 Å². The van der Waals surface area contributed by atoms with Gasteiger partial charge in [0.05, 0.1) is 0 Å². The third-order valence-electron chi connectivity index (χ3n) is 4.63. The molecule has 0 unspecified atom stereocenters. The van der Waals surface area contributed by atoms with E-state index in [1.165, 1.54) is 0 Å². The summed E-state index contributed by atoms with van der Waals surface area (Å²) >= 11 is 0. The van der Waals surface area contributed by atoms with E-state index in [1.54, 1.807) is 6.20 Å². The van der Waals surface area contributed by atoms with Crippen molar-refractivity contribution < 1.29 is 4.79 Å². The zero-order valence-corrected chi connectivity index (χ0v) is 15.0. The van der Waals surface area contributed by atoms with Gasteiger partial charge < -0.3 is 15.1 Å². The molecule has 1 aliphatic heterocycles. The molecule has 2 aromatic heterocycles. The molecule has 1 fully saturated rings. The van der Waals surface area contributed by atoms with Crippen LogP contribution in [0.3, 0.4) is 0 Å². The van der Waals surface area contributed by atoms with Crippen molar-refractivity contribution in [3.8, 4) is 0 Å². The molecule has 0 aliphatic carbocycles. The number of nitrogens with zero attached hydrogens (tertiary/aromatic N) is 4. The first-order valence-corrected chi connectivity index (χ1v) is 9.03. The van der Waals surface area contributed by atoms with Gasteiger partial charge in [-0.25, -0.2) is 4.98 Å². The number of pyridine rings is 2. The van der Waals surface area contributed by atoms with Crippen LogP contribution in [0.4, 0.5) is 17.2 Å². The minimum absolute atomic E-state index is 0.199. The van der Waals surface area contributed by atoms with Crippen molar-refractivity contribution in [2.45, 2.75) is 0 Å². The number of piperazine rings is 1. The molecule has 1 amide bonds. The Hall–Kier alpha value is -3.41. The van der Waals surface area contributed by atoms with E-state index in [0.29, 0.717) is 5.69 Å². The lowest BCUT2D eigenvalue weighted by atomic mass is 10.2. The smallest absolute Gasteiger partial charge is 0.274 e. The summed E-state index contributed by atoms with van der Waals surface area (Å²) in [5.74, 6) is 0.810. The number of amides is 1. The van der Waals surface area contributed by atoms with Gasteiger partial charge in [-0.2, -0.15) is 0 Å². The van der Waals surface area contributed by atoms with Gasteiger partial charge in [-0.1, -0.05) is 24.3 Å². The third-order valence-corrected chi connectivity index (χ3v) is 4.63. The van der Waals surface area contributed by atoms with Gasteiger partial charge in [0.1, 0.15) is 11.5 Å². The SMILES string of the molecule is O=C(Nc1ccccc1)c1cc(N2CCN(c3ccccn3)CC2)ccn1. The number of hydrogen-bond acceptors (Lipinski definition) is 5. The standard InChI is InChI=1S/C21H21N5O/c27-21(24-17-6-2-1-3-7-17)19-16-18(9-11-22-19)25-12-14-26(15-13-25)20-8-4-5-10-23-20/h1-11,16H,12-15H2,(H,24,27). The van der Waals surface area contributed by atoms with E-state index < -0.39 is 0 Å². The maximum atomic E-state index is 12.5. The van der Waals surface area contributed by atoms with Crippen LogP contribution < -0.4 is 15.1 Å². The monoisotopic (exact) mass is 359 g/mol. The van der Waals surface area contributed by atoms with E-state index in [9.17, 15) is 4.79 Å². The maximum absolute atomic E-state index is 12.5. The summed E-state index contributed by atoms with van der Waals surface area (Å²) in [7, 11) is 0. The molecule has 3 heterocycles. The van der Waals surface area contributed by atoms with Gasteiger partial charge in [0, 0.05) is 49.9 Å². The van der Waals surface area contributed by atoms with Crippen LogP contribution in [0.2, 0.25) is 0 Å². The van der Waals surface area contributed by atoms with Crippen LogP contribution in [0.15, 0.2) is 73.1 Å². The number of para-hydroxylation sites is 1. The number of nitrogens with one attached hydrogen (secondary N) is 1. The molecule has 0 atom stereocenters. The molecule has 6 nitrogen and oxygen atoms in total. The first kappa shape index (κ1) is 17.0. The van der Waals surface area contributed by atoms with Crippen molar-refractivity contribution >= 4 is 23.1 Å². The molecule has 0 saturated carbocycles. The number of anilines is 3. The summed E-state index contributed by atoms with van der Waals surface area (Å²) in [5.41, 5.74) is 2.20. The Bertz CT molecular complexity index is 893. The van der Waals surface area contributed by atoms with E-state index in [4.69, 9.17) is 0 Å². The lowest BCUT2D eigenvalue weighted by Gasteiger charge is -2.36. The highest BCUT2D eigenvalue weighted by atomic mass is 16.1. The Kier molecular flexibility index (Phi) is 4.96. The van der Waals surface area contributed by atoms with Crippen LogP contribution in [-0.4, -0.2) is 42.1 Å². The molecule has 0 radical (unpaired) electrons. The highest BCUT2D eigenvalue weighted by molar-refractivity contribution is 6.03. The van der Waals surface area contributed by atoms with Gasteiger partial charge in [-0.05, 0) is 36.4 Å². The summed E-state index contributed by atoms with van der Waals surface area (Å²) in [6, 6.07) is 19.2. The van der Waals surface area contributed by atoms with Gasteiger partial charge in [-0.15, -0.1) is 0 Å². The molecule has 27 heavy (non-hydrogen) atoms. The zero-order chi connectivity index (χ0) is 18.5. The normalized spacial score (nSPS) is 14.1. The van der Waals surface area contributed by atoms with E-state index in [0.717, 1.165) is 43.4 Å². The topological polar surface area (TPSA) is 61.4 Å². The second-order valence-corrected chi connectivity index (χ2v) is 6.38. The summed E-state index contributed by atoms with van der Waals surface area (Å²) in [6.07, 6.45) is 3.52. The minimum atomic E-state index is -0.199. The van der Waals surface area contributed by atoms with Gasteiger partial charge in [0.25, 0.3) is 5.91 Å². The molecule has 1 N–H and O–H groups in total. The first-order chi connectivity index (χ1) is 13.3. The fourth-order valence-corrected chi connectivity index (χ4v) is 3.19. The molecule has 136 valence electrons. The Morgan fingerprint density at radius 2 is 1.56 bits per heavy atom. The molecule has 1 aliphatic rings. The largest absolute Gasteiger partial charge is 0.368 e. The van der Waals surface area contributed by atoms with E-state index in [1.807, 2.05) is 66.9 Å². The van der Waals surface area contributed by atoms with Crippen molar-refractivity contribution in [2.24, 2.45) is 0 Å². The van der Waals surface area contributed by atoms with Crippen LogP contribution in [0, 0.1) is 0 Å². The molecule has 0 spiro atoms. The highest BCUT2D eigenvalue weighted by Crippen LogP contribution is 2.20. The molecule has 0 bridgehead atoms. The molecule has 6 heteroatoms. The average molecular weight is 359 g/mol. The molecular weight excluding hydrogens is 338 g/mol. The molecule has 1 saturated heterocycles. The van der Waals surface area contributed by atoms with E-state index >= 15 is 0 Å². The van der Waals surface area contributed by atoms with Gasteiger partial charge in [0.15, 0.2) is 0 Å². The van der Waals surface area contributed by atoms with Crippen LogP contribution in [0.1, 0.15) is 10.5 Å². The van der Waals surface area contributed by atoms with Crippen LogP contribution in [0.25, 0.3) is 0 Å². The molecule has 3 aromatic rings. The van der Waals surface area contributed by atoms with Crippen molar-refractivity contribution in [3.63, 3.8) is 0 Å². The fraction of sp³-hybridized carbons (Fsp3) is 0.190. The predicted octanol–water partition coefficient (Wildman–Crippen LogP) is 3.06. The molecule has 4 rings (SSSR count). The summed E-state index contributed by atoms with van der Waals surface area (Å²) in [5, 5.41) is 2.88. The van der Waals surface area contributed by atoms with Gasteiger partial charge in [-0.3, -0.25) is 9.78 Å². The van der Waals surface area contributed by atoms with Crippen molar-refractivity contribution in [3.05, 3.63) is 78.8 Å². The zero-order valence-electron chi connectivity index (χ0n) is 15.0. The Morgan fingerprint density at radius 1 is 0.815 bits per heavy atom. The second-order valence-electron chi connectivity index (χ2n) is 6.38. The summed E-state index contributed by atoms with van der Waals surface area (Å²) < 4.78 is 0. The van der Waals surface area contributed by atoms with Crippen molar-refractivity contribution in [1.29, 1.82) is 0 Å². The lowest BCUT2D eigenvalue weighted by Crippen LogP contribution is -2.46. The highest BCUT2D eigenvalue weighted by Gasteiger charge is 2.19. The third kappa shape index (κ3) is 4.06. The molecule has 1 aromatic carbocycles. The number of rotatable bonds is 4. The fourth-order valence-electron chi connectivity index (χ4n) is 3.19. The Balaban J connectivity index is 1.42. The first-order valence-electron chi connectivity index (χ1n) is 9.03. The summed E-state index contributed by atoms with van der Waals surface area (Å²) in [4.78, 5) is 25.7. The lowest BCUT2D eigenvalue weighted by molar-refractivity contribution is 0.102. The number of carbonyl (C=O) groups excluding carboxylic acids is 1. The summed E-state index contributed by atoms with van der Waals surface area (Å²) in [6.45, 7) is 3.54. The van der Waals surface area contributed by atoms with Crippen LogP contribution in [0.5, 0.6) is 0 Å². The minimum Gasteiger partial charge on any atom is -0.368 e. The number of benzene rings is 1. The Morgan fingerprint density at radius 3 is 2.30 bits per heavy atom. The van der Waals surface area contributed by atoms with Crippen LogP contribution >= 0.6 is 0 Å². The van der Waals surface area contributed by atoms with Crippen molar-refractivity contribution in [1.82, 2.24) is 9.97 Å². The second kappa shape index (κ2) is 7.86. The van der Waals surface area contributed by atoms with Gasteiger partial charge >= 0.3 is 0 Å². The van der Waals surface area contributed by atoms with Crippen molar-refractivity contribution in [2.75, 3.05) is 41.3 Å². The van der Waals surface area contributed by atoms with Crippen LogP contribution in [-0.2, 0) is 0 Å². The van der Waals surface area contributed by atoms with E-state index in [2.05, 4.69) is 25.1 Å². The number of hydrogen-bond donors (Lipinski definition) is 1. The number of carbonyl (C=O) groups is 1.